The molecule has 56 heavy (non-hydrogen) atoms. The number of fused-ring (bicyclic) bond motifs is 1. The smallest absolute Gasteiger partial charge is 0.326 e. The molecule has 5 aromatic rings. The zero-order chi connectivity index (χ0) is 38.9. The van der Waals surface area contributed by atoms with Crippen LogP contribution in [0.4, 0.5) is 17.1 Å². The zero-order valence-electron chi connectivity index (χ0n) is 31.7. The first-order valence-electron chi connectivity index (χ1n) is 19.8. The Kier molecular flexibility index (Phi) is 12.9. The molecule has 3 atom stereocenters. The number of rotatable bonds is 15. The second kappa shape index (κ2) is 18.6. The van der Waals surface area contributed by atoms with E-state index in [1.807, 2.05) is 89.5 Å². The molecule has 3 unspecified atom stereocenters. The van der Waals surface area contributed by atoms with E-state index in [1.165, 1.54) is 0 Å². The summed E-state index contributed by atoms with van der Waals surface area (Å²) in [6, 6.07) is 30.7. The third-order valence-corrected chi connectivity index (χ3v) is 10.9. The lowest BCUT2D eigenvalue weighted by atomic mass is 9.98. The number of benzene rings is 4. The number of H-pyrrole nitrogens is 1. The van der Waals surface area contributed by atoms with Crippen LogP contribution in [0.1, 0.15) is 92.9 Å². The van der Waals surface area contributed by atoms with Crippen LogP contribution in [0.5, 0.6) is 0 Å². The Morgan fingerprint density at radius 1 is 0.786 bits per heavy atom. The number of piperidine rings is 1. The molecule has 12 nitrogen and oxygen atoms in total. The SMILES string of the molecule is Nc1ccccc1NC(=O)CCCCCCC(=O)Nc1ccc(C2OC(CN3CCC(n4c(=O)[nH]c5ccccc54)CC3)CC(c3ccc(CO)cc3)O2)cc1. The molecule has 2 saturated heterocycles. The van der Waals surface area contributed by atoms with Crippen molar-refractivity contribution in [1.29, 1.82) is 0 Å². The van der Waals surface area contributed by atoms with Crippen molar-refractivity contribution < 1.29 is 24.2 Å². The van der Waals surface area contributed by atoms with Gasteiger partial charge in [-0.15, -0.1) is 0 Å². The summed E-state index contributed by atoms with van der Waals surface area (Å²) in [4.78, 5) is 43.3. The molecule has 12 heteroatoms. The van der Waals surface area contributed by atoms with Crippen molar-refractivity contribution in [3.8, 4) is 0 Å². The summed E-state index contributed by atoms with van der Waals surface area (Å²) in [5, 5.41) is 15.4. The Balaban J connectivity index is 0.900. The Morgan fingerprint density at radius 2 is 1.45 bits per heavy atom. The normalized spacial score (nSPS) is 19.2. The van der Waals surface area contributed by atoms with Crippen molar-refractivity contribution >= 4 is 39.9 Å². The van der Waals surface area contributed by atoms with Gasteiger partial charge in [-0.25, -0.2) is 4.79 Å². The number of anilines is 3. The second-order valence-electron chi connectivity index (χ2n) is 14.9. The topological polar surface area (TPSA) is 164 Å². The minimum Gasteiger partial charge on any atom is -0.397 e. The molecule has 2 fully saturated rings. The number of aromatic nitrogens is 2. The van der Waals surface area contributed by atoms with Crippen LogP contribution in [0, 0.1) is 0 Å². The lowest BCUT2D eigenvalue weighted by Gasteiger charge is -2.40. The van der Waals surface area contributed by atoms with E-state index in [0.29, 0.717) is 36.3 Å². The van der Waals surface area contributed by atoms with Crippen molar-refractivity contribution in [2.24, 2.45) is 0 Å². The van der Waals surface area contributed by atoms with Gasteiger partial charge in [-0.2, -0.15) is 0 Å². The number of likely N-dealkylation sites (tertiary alicyclic amines) is 1. The van der Waals surface area contributed by atoms with Crippen LogP contribution in [0.25, 0.3) is 11.0 Å². The van der Waals surface area contributed by atoms with E-state index in [2.05, 4.69) is 20.5 Å². The number of imidazole rings is 1. The van der Waals surface area contributed by atoms with Crippen molar-refractivity contribution in [1.82, 2.24) is 14.5 Å². The van der Waals surface area contributed by atoms with Gasteiger partial charge in [0.15, 0.2) is 6.29 Å². The molecule has 1 aromatic heterocycles. The van der Waals surface area contributed by atoms with Crippen LogP contribution in [-0.4, -0.2) is 57.1 Å². The van der Waals surface area contributed by atoms with E-state index in [4.69, 9.17) is 15.2 Å². The number of nitrogen functional groups attached to an aromatic ring is 1. The van der Waals surface area contributed by atoms with E-state index in [1.54, 1.807) is 12.1 Å². The Hall–Kier alpha value is -5.27. The first kappa shape index (κ1) is 39.0. The minimum atomic E-state index is -0.601. The third kappa shape index (κ3) is 9.93. The molecule has 6 N–H and O–H groups in total. The van der Waals surface area contributed by atoms with Gasteiger partial charge in [-0.3, -0.25) is 14.2 Å². The molecule has 3 heterocycles. The van der Waals surface area contributed by atoms with Crippen LogP contribution in [0.3, 0.4) is 0 Å². The maximum Gasteiger partial charge on any atom is 0.326 e. The fraction of sp³-hybridized carbons (Fsp3) is 0.386. The standard InChI is InChI=1S/C44H52N6O6/c45-36-9-5-6-10-37(36)47-42(53)14-4-2-1-3-13-41(52)46-33-21-19-32(20-22-33)43-55-35(27-40(56-43)31-17-15-30(29-51)16-18-31)28-49-25-23-34(24-26-49)50-39-12-8-7-11-38(39)48-44(50)54/h5-12,15-22,34-35,40,43,51H,1-4,13-14,23-29,45H2,(H,46,52)(H,47,53)(H,48,54). The monoisotopic (exact) mass is 760 g/mol. The van der Waals surface area contributed by atoms with Gasteiger partial charge in [0, 0.05) is 56.2 Å². The Bertz CT molecular complexity index is 2120. The predicted octanol–water partition coefficient (Wildman–Crippen LogP) is 7.20. The van der Waals surface area contributed by atoms with Crippen LogP contribution >= 0.6 is 0 Å². The summed E-state index contributed by atoms with van der Waals surface area (Å²) in [6.45, 7) is 2.43. The average molecular weight is 761 g/mol. The summed E-state index contributed by atoms with van der Waals surface area (Å²) in [5.41, 5.74) is 12.3. The van der Waals surface area contributed by atoms with Crippen LogP contribution in [0.2, 0.25) is 0 Å². The summed E-state index contributed by atoms with van der Waals surface area (Å²) < 4.78 is 15.1. The molecule has 0 aliphatic carbocycles. The van der Waals surface area contributed by atoms with Crippen molar-refractivity contribution in [3.63, 3.8) is 0 Å². The Morgan fingerprint density at radius 3 is 2.16 bits per heavy atom. The number of ether oxygens (including phenoxy) is 2. The second-order valence-corrected chi connectivity index (χ2v) is 14.9. The van der Waals surface area contributed by atoms with Gasteiger partial charge >= 0.3 is 5.69 Å². The fourth-order valence-corrected chi connectivity index (χ4v) is 7.81. The molecule has 2 aliphatic heterocycles. The first-order chi connectivity index (χ1) is 27.3. The van der Waals surface area contributed by atoms with E-state index in [0.717, 1.165) is 85.9 Å². The molecular formula is C44H52N6O6. The molecule has 7 rings (SSSR count). The number of nitrogens with one attached hydrogen (secondary N) is 3. The lowest BCUT2D eigenvalue weighted by Crippen LogP contribution is -2.43. The van der Waals surface area contributed by atoms with Crippen LogP contribution < -0.4 is 22.1 Å². The van der Waals surface area contributed by atoms with Gasteiger partial charge in [-0.1, -0.05) is 73.5 Å². The maximum atomic E-state index is 12.8. The summed E-state index contributed by atoms with van der Waals surface area (Å²) in [5.74, 6) is -0.112. The first-order valence-corrected chi connectivity index (χ1v) is 19.8. The number of hydrogen-bond acceptors (Lipinski definition) is 8. The number of amides is 2. The van der Waals surface area contributed by atoms with Gasteiger partial charge in [0.05, 0.1) is 41.2 Å². The van der Waals surface area contributed by atoms with Gasteiger partial charge < -0.3 is 40.8 Å². The molecule has 0 bridgehead atoms. The fourth-order valence-electron chi connectivity index (χ4n) is 7.81. The molecule has 4 aromatic carbocycles. The van der Waals surface area contributed by atoms with Crippen molar-refractivity contribution in [2.45, 2.75) is 88.9 Å². The lowest BCUT2D eigenvalue weighted by molar-refractivity contribution is -0.253. The highest BCUT2D eigenvalue weighted by Crippen LogP contribution is 2.39. The number of para-hydroxylation sites is 4. The van der Waals surface area contributed by atoms with Gasteiger partial charge in [0.1, 0.15) is 0 Å². The number of carbonyl (C=O) groups excluding carboxylic acids is 2. The molecule has 0 spiro atoms. The summed E-state index contributed by atoms with van der Waals surface area (Å²) >= 11 is 0. The van der Waals surface area contributed by atoms with E-state index in [9.17, 15) is 19.5 Å². The highest BCUT2D eigenvalue weighted by atomic mass is 16.7. The largest absolute Gasteiger partial charge is 0.397 e. The maximum absolute atomic E-state index is 12.8. The molecule has 294 valence electrons. The number of aliphatic hydroxyl groups is 1. The van der Waals surface area contributed by atoms with E-state index < -0.39 is 6.29 Å². The van der Waals surface area contributed by atoms with Gasteiger partial charge in [-0.05, 0) is 73.2 Å². The number of unbranched alkanes of at least 4 members (excludes halogenated alkanes) is 3. The van der Waals surface area contributed by atoms with Crippen molar-refractivity contribution in [3.05, 3.63) is 124 Å². The molecule has 2 amide bonds. The molecular weight excluding hydrogens is 709 g/mol. The molecule has 0 radical (unpaired) electrons. The number of aromatic amines is 1. The average Bonchev–Trinajstić information content (AvgIpc) is 3.56. The number of nitrogens with two attached hydrogens (primary N) is 1. The van der Waals surface area contributed by atoms with Crippen LogP contribution in [-0.2, 0) is 25.7 Å². The quantitative estimate of drug-likeness (QED) is 0.0553. The summed E-state index contributed by atoms with van der Waals surface area (Å²) in [7, 11) is 0. The van der Waals surface area contributed by atoms with Crippen LogP contribution in [0.15, 0.2) is 102 Å². The summed E-state index contributed by atoms with van der Waals surface area (Å²) in [6.07, 6.45) is 5.54. The van der Waals surface area contributed by atoms with Gasteiger partial charge in [0.25, 0.3) is 0 Å². The highest BCUT2D eigenvalue weighted by molar-refractivity contribution is 5.93. The van der Waals surface area contributed by atoms with E-state index >= 15 is 0 Å². The Labute approximate surface area is 327 Å². The number of nitrogens with zero attached hydrogens (tertiary/aromatic N) is 2. The van der Waals surface area contributed by atoms with Gasteiger partial charge in [0.2, 0.25) is 11.8 Å². The molecule has 0 saturated carbocycles. The number of carbonyl (C=O) groups is 2. The zero-order valence-corrected chi connectivity index (χ0v) is 31.7. The number of aliphatic hydroxyl groups excluding tert-OH is 1. The minimum absolute atomic E-state index is 0.0180. The van der Waals surface area contributed by atoms with E-state index in [-0.39, 0.29) is 42.4 Å². The predicted molar refractivity (Wildman–Crippen MR) is 218 cm³/mol. The molecule has 2 aliphatic rings. The number of hydrogen-bond donors (Lipinski definition) is 5. The third-order valence-electron chi connectivity index (χ3n) is 10.9. The van der Waals surface area contributed by atoms with Crippen molar-refractivity contribution in [2.75, 3.05) is 36.0 Å². The highest BCUT2D eigenvalue weighted by Gasteiger charge is 2.34.